The summed E-state index contributed by atoms with van der Waals surface area (Å²) in [6.45, 7) is 2.32. The van der Waals surface area contributed by atoms with Gasteiger partial charge in [0.1, 0.15) is 11.6 Å². The third-order valence-electron chi connectivity index (χ3n) is 2.58. The number of H-pyrrole nitrogens is 1. The van der Waals surface area contributed by atoms with E-state index in [0.717, 1.165) is 22.8 Å². The predicted octanol–water partition coefficient (Wildman–Crippen LogP) is 2.56. The van der Waals surface area contributed by atoms with Crippen LogP contribution in [0, 0.1) is 12.7 Å². The number of hydrogen-bond donors (Lipinski definition) is 2. The topological polar surface area (TPSA) is 54.7 Å². The predicted molar refractivity (Wildman–Crippen MR) is 65.4 cm³/mol. The summed E-state index contributed by atoms with van der Waals surface area (Å²) >= 11 is 5.73. The van der Waals surface area contributed by atoms with Crippen LogP contribution in [0.1, 0.15) is 22.8 Å². The second kappa shape index (κ2) is 4.85. The quantitative estimate of drug-likeness (QED) is 0.883. The molecule has 0 saturated carbocycles. The van der Waals surface area contributed by atoms with E-state index < -0.39 is 5.82 Å². The van der Waals surface area contributed by atoms with Crippen molar-refractivity contribution in [1.82, 2.24) is 9.97 Å². The van der Waals surface area contributed by atoms with Crippen molar-refractivity contribution in [2.24, 2.45) is 5.73 Å². The van der Waals surface area contributed by atoms with Gasteiger partial charge in [0.05, 0.1) is 17.3 Å². The Bertz CT molecular complexity index is 537. The van der Waals surface area contributed by atoms with E-state index in [1.54, 1.807) is 12.1 Å². The molecule has 0 bridgehead atoms. The minimum Gasteiger partial charge on any atom is -0.345 e. The Morgan fingerprint density at radius 2 is 2.24 bits per heavy atom. The summed E-state index contributed by atoms with van der Waals surface area (Å²) in [5.74, 6) is 0.350. The first-order valence-electron chi connectivity index (χ1n) is 5.28. The van der Waals surface area contributed by atoms with Crippen LogP contribution in [0.15, 0.2) is 18.2 Å². The number of rotatable bonds is 3. The molecule has 0 aliphatic heterocycles. The summed E-state index contributed by atoms with van der Waals surface area (Å²) in [5, 5.41) is 0.134. The van der Waals surface area contributed by atoms with Gasteiger partial charge in [-0.25, -0.2) is 9.37 Å². The highest BCUT2D eigenvalue weighted by molar-refractivity contribution is 6.30. The van der Waals surface area contributed by atoms with Crippen molar-refractivity contribution < 1.29 is 4.39 Å². The first-order valence-corrected chi connectivity index (χ1v) is 5.66. The molecular weight excluding hydrogens is 241 g/mol. The fraction of sp³-hybridized carbons (Fsp3) is 0.250. The number of hydrogen-bond acceptors (Lipinski definition) is 2. The van der Waals surface area contributed by atoms with Gasteiger partial charge < -0.3 is 10.7 Å². The van der Waals surface area contributed by atoms with Crippen LogP contribution in [0.5, 0.6) is 0 Å². The SMILES string of the molecule is Cc1[nH]c(CN)nc1Cc1ccc(F)c(Cl)c1. The number of nitrogens with two attached hydrogens (primary N) is 1. The molecule has 5 heteroatoms. The summed E-state index contributed by atoms with van der Waals surface area (Å²) < 4.78 is 13.0. The van der Waals surface area contributed by atoms with Crippen molar-refractivity contribution in [3.8, 4) is 0 Å². The van der Waals surface area contributed by atoms with Gasteiger partial charge in [0, 0.05) is 12.1 Å². The second-order valence-electron chi connectivity index (χ2n) is 3.88. The van der Waals surface area contributed by atoms with E-state index in [-0.39, 0.29) is 5.02 Å². The number of halogens is 2. The zero-order chi connectivity index (χ0) is 12.4. The summed E-state index contributed by atoms with van der Waals surface area (Å²) in [4.78, 5) is 7.46. The number of aryl methyl sites for hydroxylation is 1. The molecule has 1 aromatic heterocycles. The van der Waals surface area contributed by atoms with Gasteiger partial charge in [-0.1, -0.05) is 17.7 Å². The van der Waals surface area contributed by atoms with Crippen LogP contribution in [0.3, 0.4) is 0 Å². The van der Waals surface area contributed by atoms with E-state index in [4.69, 9.17) is 17.3 Å². The van der Waals surface area contributed by atoms with Gasteiger partial charge in [-0.05, 0) is 24.6 Å². The van der Waals surface area contributed by atoms with Crippen LogP contribution in [0.4, 0.5) is 4.39 Å². The number of aromatic nitrogens is 2. The average Bonchev–Trinajstić information content (AvgIpc) is 2.65. The molecule has 0 spiro atoms. The van der Waals surface area contributed by atoms with Gasteiger partial charge >= 0.3 is 0 Å². The van der Waals surface area contributed by atoms with Crippen molar-refractivity contribution in [3.63, 3.8) is 0 Å². The Balaban J connectivity index is 2.24. The van der Waals surface area contributed by atoms with Crippen LogP contribution in [0.2, 0.25) is 5.02 Å². The lowest BCUT2D eigenvalue weighted by Gasteiger charge is -2.01. The second-order valence-corrected chi connectivity index (χ2v) is 4.29. The molecule has 0 amide bonds. The number of nitrogens with one attached hydrogen (secondary N) is 1. The highest BCUT2D eigenvalue weighted by Gasteiger charge is 2.08. The highest BCUT2D eigenvalue weighted by atomic mass is 35.5. The Morgan fingerprint density at radius 3 is 2.82 bits per heavy atom. The van der Waals surface area contributed by atoms with Gasteiger partial charge in [-0.3, -0.25) is 0 Å². The van der Waals surface area contributed by atoms with E-state index in [1.807, 2.05) is 6.92 Å². The van der Waals surface area contributed by atoms with E-state index in [2.05, 4.69) is 9.97 Å². The Hall–Kier alpha value is -1.39. The van der Waals surface area contributed by atoms with E-state index in [9.17, 15) is 4.39 Å². The first-order chi connectivity index (χ1) is 8.10. The molecule has 90 valence electrons. The average molecular weight is 254 g/mol. The van der Waals surface area contributed by atoms with E-state index in [0.29, 0.717) is 13.0 Å². The van der Waals surface area contributed by atoms with Crippen LogP contribution in [-0.4, -0.2) is 9.97 Å². The van der Waals surface area contributed by atoms with Gasteiger partial charge in [-0.15, -0.1) is 0 Å². The molecule has 17 heavy (non-hydrogen) atoms. The van der Waals surface area contributed by atoms with Crippen LogP contribution in [-0.2, 0) is 13.0 Å². The summed E-state index contributed by atoms with van der Waals surface area (Å²) in [6.07, 6.45) is 0.613. The molecule has 2 aromatic rings. The number of nitrogens with zero attached hydrogens (tertiary/aromatic N) is 1. The molecule has 1 heterocycles. The van der Waals surface area contributed by atoms with Gasteiger partial charge in [0.2, 0.25) is 0 Å². The maximum absolute atomic E-state index is 13.0. The van der Waals surface area contributed by atoms with E-state index in [1.165, 1.54) is 6.07 Å². The van der Waals surface area contributed by atoms with Crippen molar-refractivity contribution in [3.05, 3.63) is 51.8 Å². The van der Waals surface area contributed by atoms with Crippen LogP contribution in [0.25, 0.3) is 0 Å². The van der Waals surface area contributed by atoms with Gasteiger partial charge in [0.25, 0.3) is 0 Å². The van der Waals surface area contributed by atoms with Gasteiger partial charge in [-0.2, -0.15) is 0 Å². The monoisotopic (exact) mass is 253 g/mol. The minimum atomic E-state index is -0.406. The lowest BCUT2D eigenvalue weighted by molar-refractivity contribution is 0.627. The molecular formula is C12H13ClFN3. The normalized spacial score (nSPS) is 10.8. The summed E-state index contributed by atoms with van der Waals surface area (Å²) in [6, 6.07) is 4.69. The molecule has 0 unspecified atom stereocenters. The third-order valence-corrected chi connectivity index (χ3v) is 2.87. The number of imidazole rings is 1. The van der Waals surface area contributed by atoms with Crippen molar-refractivity contribution >= 4 is 11.6 Å². The van der Waals surface area contributed by atoms with Crippen molar-refractivity contribution in [2.75, 3.05) is 0 Å². The molecule has 0 aliphatic carbocycles. The summed E-state index contributed by atoms with van der Waals surface area (Å²) in [7, 11) is 0. The van der Waals surface area contributed by atoms with Crippen LogP contribution >= 0.6 is 11.6 Å². The largest absolute Gasteiger partial charge is 0.345 e. The number of benzene rings is 1. The molecule has 0 fully saturated rings. The van der Waals surface area contributed by atoms with E-state index >= 15 is 0 Å². The molecule has 0 atom stereocenters. The lowest BCUT2D eigenvalue weighted by Crippen LogP contribution is -1.98. The Labute approximate surface area is 104 Å². The fourth-order valence-electron chi connectivity index (χ4n) is 1.68. The molecule has 0 saturated heterocycles. The van der Waals surface area contributed by atoms with Gasteiger partial charge in [0.15, 0.2) is 0 Å². The molecule has 2 rings (SSSR count). The molecule has 3 nitrogen and oxygen atoms in total. The Kier molecular flexibility index (Phi) is 3.45. The standard InChI is InChI=1S/C12H13ClFN3/c1-7-11(17-12(6-15)16-7)5-8-2-3-10(14)9(13)4-8/h2-4H,5-6,15H2,1H3,(H,16,17). The molecule has 0 aliphatic rings. The molecule has 1 aromatic carbocycles. The lowest BCUT2D eigenvalue weighted by atomic mass is 10.1. The van der Waals surface area contributed by atoms with Crippen molar-refractivity contribution in [2.45, 2.75) is 19.9 Å². The highest BCUT2D eigenvalue weighted by Crippen LogP contribution is 2.19. The third kappa shape index (κ3) is 2.65. The molecule has 3 N–H and O–H groups in total. The maximum Gasteiger partial charge on any atom is 0.141 e. The maximum atomic E-state index is 13.0. The van der Waals surface area contributed by atoms with Crippen molar-refractivity contribution in [1.29, 1.82) is 0 Å². The minimum absolute atomic E-state index is 0.134. The smallest absolute Gasteiger partial charge is 0.141 e. The summed E-state index contributed by atoms with van der Waals surface area (Å²) in [5.41, 5.74) is 8.32. The zero-order valence-electron chi connectivity index (χ0n) is 9.43. The Morgan fingerprint density at radius 1 is 1.47 bits per heavy atom. The first kappa shape index (κ1) is 12.1. The van der Waals surface area contributed by atoms with Crippen LogP contribution < -0.4 is 5.73 Å². The number of aromatic amines is 1. The zero-order valence-corrected chi connectivity index (χ0v) is 10.2. The fourth-order valence-corrected chi connectivity index (χ4v) is 1.88. The molecule has 0 radical (unpaired) electrons.